The van der Waals surface area contributed by atoms with Crippen molar-refractivity contribution in [1.29, 1.82) is 0 Å². The molecule has 3 N–H and O–H groups in total. The zero-order valence-corrected chi connectivity index (χ0v) is 12.6. The van der Waals surface area contributed by atoms with Crippen molar-refractivity contribution < 1.29 is 4.79 Å². The fourth-order valence-corrected chi connectivity index (χ4v) is 2.36. The molecular weight excluding hydrogens is 353 g/mol. The zero-order chi connectivity index (χ0) is 14.0. The van der Waals surface area contributed by atoms with Crippen molar-refractivity contribution in [3.8, 4) is 0 Å². The molecule has 0 atom stereocenters. The van der Waals surface area contributed by atoms with Crippen molar-refractivity contribution in [3.63, 3.8) is 0 Å². The summed E-state index contributed by atoms with van der Waals surface area (Å²) in [7, 11) is 0. The monoisotopic (exact) mass is 359 g/mol. The Hall–Kier alpha value is -1.30. The minimum atomic E-state index is -0.444. The van der Waals surface area contributed by atoms with Crippen molar-refractivity contribution in [2.75, 3.05) is 11.1 Å². The second kappa shape index (κ2) is 5.77. The smallest absolute Gasteiger partial charge is 0.275 e. The maximum absolute atomic E-state index is 12.1. The van der Waals surface area contributed by atoms with E-state index in [1.165, 1.54) is 12.1 Å². The molecule has 0 saturated carbocycles. The van der Waals surface area contributed by atoms with Crippen molar-refractivity contribution in [3.05, 3.63) is 50.5 Å². The number of halogens is 3. The molecule has 2 rings (SSSR count). The highest BCUT2D eigenvalue weighted by Gasteiger charge is 2.14. The average molecular weight is 361 g/mol. The fraction of sp³-hybridized carbons (Fsp3) is 0. The van der Waals surface area contributed by atoms with Gasteiger partial charge in [-0.2, -0.15) is 0 Å². The SMILES string of the molecule is Nc1ccc(Cl)c(C(=O)Nc2ccc(Cl)cc2Br)n1. The highest BCUT2D eigenvalue weighted by atomic mass is 79.9. The Balaban J connectivity index is 2.28. The van der Waals surface area contributed by atoms with Crippen LogP contribution in [0.5, 0.6) is 0 Å². The summed E-state index contributed by atoms with van der Waals surface area (Å²) in [6.07, 6.45) is 0. The summed E-state index contributed by atoms with van der Waals surface area (Å²) in [6, 6.07) is 8.05. The van der Waals surface area contributed by atoms with Gasteiger partial charge in [-0.15, -0.1) is 0 Å². The molecular formula is C12H8BrCl2N3O. The number of carbonyl (C=O) groups excluding carboxylic acids is 1. The van der Waals surface area contributed by atoms with Crippen molar-refractivity contribution in [1.82, 2.24) is 4.98 Å². The summed E-state index contributed by atoms with van der Waals surface area (Å²) >= 11 is 15.0. The maximum Gasteiger partial charge on any atom is 0.275 e. The summed E-state index contributed by atoms with van der Waals surface area (Å²) in [6.45, 7) is 0. The van der Waals surface area contributed by atoms with Gasteiger partial charge in [-0.25, -0.2) is 4.98 Å². The average Bonchev–Trinajstić information content (AvgIpc) is 2.35. The van der Waals surface area contributed by atoms with Gasteiger partial charge in [-0.1, -0.05) is 23.2 Å². The van der Waals surface area contributed by atoms with Gasteiger partial charge in [0, 0.05) is 9.50 Å². The van der Waals surface area contributed by atoms with Gasteiger partial charge in [0.05, 0.1) is 10.7 Å². The van der Waals surface area contributed by atoms with Gasteiger partial charge in [0.2, 0.25) is 0 Å². The normalized spacial score (nSPS) is 10.3. The van der Waals surface area contributed by atoms with Crippen LogP contribution in [0.4, 0.5) is 11.5 Å². The molecule has 0 aliphatic carbocycles. The summed E-state index contributed by atoms with van der Waals surface area (Å²) in [5.41, 5.74) is 6.17. The first-order valence-corrected chi connectivity index (χ1v) is 6.70. The molecule has 0 spiro atoms. The number of nitrogen functional groups attached to an aromatic ring is 1. The molecule has 1 aromatic heterocycles. The summed E-state index contributed by atoms with van der Waals surface area (Å²) in [5.74, 6) is -0.218. The Morgan fingerprint density at radius 2 is 2.00 bits per heavy atom. The first kappa shape index (κ1) is 14.1. The molecule has 19 heavy (non-hydrogen) atoms. The lowest BCUT2D eigenvalue weighted by Gasteiger charge is -2.08. The van der Waals surface area contributed by atoms with Crippen LogP contribution in [-0.4, -0.2) is 10.9 Å². The lowest BCUT2D eigenvalue weighted by Crippen LogP contribution is -2.15. The third-order valence-electron chi connectivity index (χ3n) is 2.26. The second-order valence-electron chi connectivity index (χ2n) is 3.64. The number of hydrogen-bond donors (Lipinski definition) is 2. The highest BCUT2D eigenvalue weighted by molar-refractivity contribution is 9.10. The van der Waals surface area contributed by atoms with Crippen LogP contribution in [0.2, 0.25) is 10.0 Å². The first-order valence-electron chi connectivity index (χ1n) is 5.16. The standard InChI is InChI=1S/C12H8BrCl2N3O/c13-7-5-6(14)1-3-9(7)17-12(19)11-8(15)2-4-10(16)18-11/h1-5H,(H2,16,18)(H,17,19). The van der Waals surface area contributed by atoms with Crippen LogP contribution < -0.4 is 11.1 Å². The van der Waals surface area contributed by atoms with Crippen molar-refractivity contribution in [2.24, 2.45) is 0 Å². The molecule has 1 aromatic carbocycles. The molecule has 0 aliphatic heterocycles. The number of anilines is 2. The lowest BCUT2D eigenvalue weighted by molar-refractivity contribution is 0.102. The van der Waals surface area contributed by atoms with Gasteiger partial charge in [-0.3, -0.25) is 4.79 Å². The first-order chi connectivity index (χ1) is 8.97. The van der Waals surface area contributed by atoms with Crippen LogP contribution >= 0.6 is 39.1 Å². The maximum atomic E-state index is 12.1. The van der Waals surface area contributed by atoms with E-state index in [1.54, 1.807) is 18.2 Å². The summed E-state index contributed by atoms with van der Waals surface area (Å²) in [4.78, 5) is 16.0. The van der Waals surface area contributed by atoms with E-state index in [0.717, 1.165) is 0 Å². The summed E-state index contributed by atoms with van der Waals surface area (Å²) < 4.78 is 0.661. The topological polar surface area (TPSA) is 68.0 Å². The number of benzene rings is 1. The molecule has 2 aromatic rings. The summed E-state index contributed by atoms with van der Waals surface area (Å²) in [5, 5.41) is 3.47. The number of nitrogens with two attached hydrogens (primary N) is 1. The fourth-order valence-electron chi connectivity index (χ4n) is 1.39. The lowest BCUT2D eigenvalue weighted by atomic mass is 10.3. The van der Waals surface area contributed by atoms with Gasteiger partial charge in [0.15, 0.2) is 0 Å². The molecule has 1 amide bonds. The molecule has 0 unspecified atom stereocenters. The van der Waals surface area contributed by atoms with Crippen LogP contribution in [0.25, 0.3) is 0 Å². The van der Waals surface area contributed by atoms with Gasteiger partial charge in [0.1, 0.15) is 11.5 Å². The largest absolute Gasteiger partial charge is 0.384 e. The van der Waals surface area contributed by atoms with E-state index >= 15 is 0 Å². The minimum absolute atomic E-state index is 0.0727. The molecule has 0 aliphatic rings. The number of aromatic nitrogens is 1. The van der Waals surface area contributed by atoms with E-state index in [2.05, 4.69) is 26.2 Å². The minimum Gasteiger partial charge on any atom is -0.384 e. The van der Waals surface area contributed by atoms with Crippen LogP contribution in [0, 0.1) is 0 Å². The van der Waals surface area contributed by atoms with Gasteiger partial charge in [-0.05, 0) is 46.3 Å². The van der Waals surface area contributed by atoms with Gasteiger partial charge < -0.3 is 11.1 Å². The van der Waals surface area contributed by atoms with Crippen molar-refractivity contribution in [2.45, 2.75) is 0 Å². The zero-order valence-electron chi connectivity index (χ0n) is 9.45. The number of pyridine rings is 1. The number of rotatable bonds is 2. The predicted molar refractivity (Wildman–Crippen MR) is 80.8 cm³/mol. The van der Waals surface area contributed by atoms with Crippen molar-refractivity contribution >= 4 is 56.5 Å². The van der Waals surface area contributed by atoms with E-state index in [4.69, 9.17) is 28.9 Å². The Bertz CT molecular complexity index is 649. The van der Waals surface area contributed by atoms with Crippen LogP contribution in [0.15, 0.2) is 34.8 Å². The van der Waals surface area contributed by atoms with Crippen LogP contribution in [0.1, 0.15) is 10.5 Å². The highest BCUT2D eigenvalue weighted by Crippen LogP contribution is 2.27. The second-order valence-corrected chi connectivity index (χ2v) is 5.34. The number of nitrogens with zero attached hydrogens (tertiary/aromatic N) is 1. The number of carbonyl (C=O) groups is 1. The van der Waals surface area contributed by atoms with E-state index in [0.29, 0.717) is 15.2 Å². The third kappa shape index (κ3) is 3.37. The van der Waals surface area contributed by atoms with E-state index in [1.807, 2.05) is 0 Å². The van der Waals surface area contributed by atoms with Gasteiger partial charge >= 0.3 is 0 Å². The number of nitrogens with one attached hydrogen (secondary N) is 1. The Labute approximate surface area is 128 Å². The van der Waals surface area contributed by atoms with E-state index in [-0.39, 0.29) is 16.5 Å². The Kier molecular flexibility index (Phi) is 4.29. The number of hydrogen-bond acceptors (Lipinski definition) is 3. The van der Waals surface area contributed by atoms with E-state index < -0.39 is 5.91 Å². The Morgan fingerprint density at radius 3 is 2.68 bits per heavy atom. The predicted octanol–water partition coefficient (Wildman–Crippen LogP) is 3.99. The van der Waals surface area contributed by atoms with Crippen LogP contribution in [-0.2, 0) is 0 Å². The quantitative estimate of drug-likeness (QED) is 0.850. The third-order valence-corrected chi connectivity index (χ3v) is 3.46. The molecule has 0 bridgehead atoms. The molecule has 0 fully saturated rings. The number of amides is 1. The molecule has 7 heteroatoms. The molecule has 98 valence electrons. The molecule has 1 heterocycles. The van der Waals surface area contributed by atoms with E-state index in [9.17, 15) is 4.79 Å². The van der Waals surface area contributed by atoms with Crippen LogP contribution in [0.3, 0.4) is 0 Å². The molecule has 4 nitrogen and oxygen atoms in total. The molecule has 0 radical (unpaired) electrons. The Morgan fingerprint density at radius 1 is 1.26 bits per heavy atom. The molecule has 0 saturated heterocycles. The van der Waals surface area contributed by atoms with Gasteiger partial charge in [0.25, 0.3) is 5.91 Å².